The molecule has 2 heterocycles. The Balaban J connectivity index is 1.80. The van der Waals surface area contributed by atoms with Gasteiger partial charge in [-0.25, -0.2) is 4.98 Å². The second-order valence-corrected chi connectivity index (χ2v) is 7.02. The Bertz CT molecular complexity index is 513. The lowest BCUT2D eigenvalue weighted by Crippen LogP contribution is -2.14. The Morgan fingerprint density at radius 2 is 2.35 bits per heavy atom. The quantitative estimate of drug-likeness (QED) is 0.924. The fraction of sp³-hybridized carbons (Fsp3) is 0.417. The maximum atomic E-state index is 12.2. The van der Waals surface area contributed by atoms with Crippen molar-refractivity contribution in [3.05, 3.63) is 24.3 Å². The van der Waals surface area contributed by atoms with Crippen LogP contribution in [0.3, 0.4) is 0 Å². The van der Waals surface area contributed by atoms with Crippen LogP contribution in [0.15, 0.2) is 28.6 Å². The van der Waals surface area contributed by atoms with Crippen molar-refractivity contribution in [2.24, 2.45) is 5.92 Å². The second-order valence-electron chi connectivity index (χ2n) is 4.32. The lowest BCUT2D eigenvalue weighted by atomic mass is 10.2. The summed E-state index contributed by atoms with van der Waals surface area (Å²) in [7, 11) is -0.938. The molecule has 3 nitrogen and oxygen atoms in total. The Labute approximate surface area is 107 Å². The van der Waals surface area contributed by atoms with Crippen LogP contribution in [-0.2, 0) is 10.8 Å². The molecule has 0 amide bonds. The summed E-state index contributed by atoms with van der Waals surface area (Å²) in [6, 6.07) is 7.97. The zero-order chi connectivity index (χ0) is 11.7. The van der Waals surface area contributed by atoms with Gasteiger partial charge in [0.1, 0.15) is 0 Å². The summed E-state index contributed by atoms with van der Waals surface area (Å²) >= 11 is 1.56. The predicted molar refractivity (Wildman–Crippen MR) is 71.9 cm³/mol. The van der Waals surface area contributed by atoms with Gasteiger partial charge in [0.15, 0.2) is 4.34 Å². The van der Waals surface area contributed by atoms with Crippen LogP contribution >= 0.6 is 11.3 Å². The van der Waals surface area contributed by atoms with E-state index in [1.807, 2.05) is 24.3 Å². The molecule has 1 aliphatic heterocycles. The average Bonchev–Trinajstić information content (AvgIpc) is 2.96. The van der Waals surface area contributed by atoms with Crippen molar-refractivity contribution in [3.63, 3.8) is 0 Å². The Hall–Kier alpha value is -0.780. The van der Waals surface area contributed by atoms with Gasteiger partial charge in [0, 0.05) is 5.75 Å². The van der Waals surface area contributed by atoms with E-state index in [4.69, 9.17) is 0 Å². The van der Waals surface area contributed by atoms with Gasteiger partial charge in [-0.1, -0.05) is 12.1 Å². The number of fused-ring (bicyclic) bond motifs is 1. The standard InChI is InChI=1S/C12H14N2OS2/c15-17(8-9-5-6-13-7-9)12-14-10-3-1-2-4-11(10)16-12/h1-4,9,13H,5-8H2. The van der Waals surface area contributed by atoms with E-state index >= 15 is 0 Å². The number of hydrogen-bond acceptors (Lipinski definition) is 4. The van der Waals surface area contributed by atoms with Crippen molar-refractivity contribution in [1.82, 2.24) is 10.3 Å². The number of nitrogens with one attached hydrogen (secondary N) is 1. The summed E-state index contributed by atoms with van der Waals surface area (Å²) in [6.07, 6.45) is 1.14. The van der Waals surface area contributed by atoms with Crippen molar-refractivity contribution in [2.45, 2.75) is 10.8 Å². The third-order valence-corrected chi connectivity index (χ3v) is 5.91. The molecule has 1 aromatic carbocycles. The van der Waals surface area contributed by atoms with Crippen LogP contribution in [0.1, 0.15) is 6.42 Å². The number of aromatic nitrogens is 1. The van der Waals surface area contributed by atoms with Crippen LogP contribution in [0, 0.1) is 5.92 Å². The maximum Gasteiger partial charge on any atom is 0.181 e. The fourth-order valence-corrected chi connectivity index (χ4v) is 4.69. The number of para-hydroxylation sites is 1. The minimum atomic E-state index is -0.938. The molecule has 2 aromatic rings. The van der Waals surface area contributed by atoms with Crippen molar-refractivity contribution in [1.29, 1.82) is 0 Å². The van der Waals surface area contributed by atoms with Crippen LogP contribution in [0.25, 0.3) is 10.2 Å². The van der Waals surface area contributed by atoms with Gasteiger partial charge in [-0.3, -0.25) is 4.21 Å². The zero-order valence-electron chi connectivity index (χ0n) is 9.39. The van der Waals surface area contributed by atoms with Gasteiger partial charge < -0.3 is 5.32 Å². The molecular weight excluding hydrogens is 252 g/mol. The lowest BCUT2D eigenvalue weighted by molar-refractivity contribution is 0.632. The molecule has 1 aromatic heterocycles. The molecule has 2 atom stereocenters. The Morgan fingerprint density at radius 3 is 3.12 bits per heavy atom. The zero-order valence-corrected chi connectivity index (χ0v) is 11.0. The largest absolute Gasteiger partial charge is 0.316 e. The van der Waals surface area contributed by atoms with E-state index in [-0.39, 0.29) is 0 Å². The van der Waals surface area contributed by atoms with Crippen LogP contribution in [-0.4, -0.2) is 28.0 Å². The number of benzene rings is 1. The minimum Gasteiger partial charge on any atom is -0.316 e. The smallest absolute Gasteiger partial charge is 0.181 e. The summed E-state index contributed by atoms with van der Waals surface area (Å²) in [5, 5.41) is 3.30. The Morgan fingerprint density at radius 1 is 1.47 bits per heavy atom. The van der Waals surface area contributed by atoms with E-state index in [0.29, 0.717) is 5.92 Å². The minimum absolute atomic E-state index is 0.544. The predicted octanol–water partition coefficient (Wildman–Crippen LogP) is 2.01. The first-order valence-corrected chi connectivity index (χ1v) is 7.91. The van der Waals surface area contributed by atoms with Crippen LogP contribution in [0.4, 0.5) is 0 Å². The summed E-state index contributed by atoms with van der Waals surface area (Å²) in [6.45, 7) is 2.05. The molecule has 1 saturated heterocycles. The highest BCUT2D eigenvalue weighted by molar-refractivity contribution is 7.87. The topological polar surface area (TPSA) is 42.0 Å². The van der Waals surface area contributed by atoms with E-state index in [9.17, 15) is 4.21 Å². The first-order valence-electron chi connectivity index (χ1n) is 5.77. The molecule has 2 unspecified atom stereocenters. The number of nitrogens with zero attached hydrogens (tertiary/aromatic N) is 1. The number of rotatable bonds is 3. The van der Waals surface area contributed by atoms with Crippen molar-refractivity contribution in [2.75, 3.05) is 18.8 Å². The first-order chi connectivity index (χ1) is 8.33. The SMILES string of the molecule is O=S(CC1CCNC1)c1nc2ccccc2s1. The van der Waals surface area contributed by atoms with Gasteiger partial charge in [0.25, 0.3) is 0 Å². The van der Waals surface area contributed by atoms with E-state index in [1.165, 1.54) is 0 Å². The molecule has 0 bridgehead atoms. The maximum absolute atomic E-state index is 12.2. The van der Waals surface area contributed by atoms with Gasteiger partial charge in [-0.2, -0.15) is 0 Å². The molecule has 0 spiro atoms. The van der Waals surface area contributed by atoms with Crippen LogP contribution in [0.5, 0.6) is 0 Å². The highest BCUT2D eigenvalue weighted by Gasteiger charge is 2.20. The summed E-state index contributed by atoms with van der Waals surface area (Å²) in [4.78, 5) is 4.45. The van der Waals surface area contributed by atoms with Crippen molar-refractivity contribution >= 4 is 32.4 Å². The van der Waals surface area contributed by atoms with E-state index in [1.54, 1.807) is 11.3 Å². The van der Waals surface area contributed by atoms with Crippen molar-refractivity contribution < 1.29 is 4.21 Å². The summed E-state index contributed by atoms with van der Waals surface area (Å²) < 4.78 is 14.1. The molecule has 1 N–H and O–H groups in total. The first kappa shape index (κ1) is 11.3. The Kier molecular flexibility index (Phi) is 3.22. The molecule has 17 heavy (non-hydrogen) atoms. The monoisotopic (exact) mass is 266 g/mol. The second kappa shape index (κ2) is 4.84. The third kappa shape index (κ3) is 2.41. The van der Waals surface area contributed by atoms with E-state index in [2.05, 4.69) is 10.3 Å². The molecule has 1 aliphatic rings. The highest BCUT2D eigenvalue weighted by Crippen LogP contribution is 2.25. The molecule has 3 rings (SSSR count). The van der Waals surface area contributed by atoms with Gasteiger partial charge in [0.05, 0.1) is 21.0 Å². The molecular formula is C12H14N2OS2. The number of hydrogen-bond donors (Lipinski definition) is 1. The average molecular weight is 266 g/mol. The molecule has 0 radical (unpaired) electrons. The normalized spacial score (nSPS) is 22.0. The fourth-order valence-electron chi connectivity index (χ4n) is 2.09. The van der Waals surface area contributed by atoms with Crippen molar-refractivity contribution in [3.8, 4) is 0 Å². The molecule has 0 aliphatic carbocycles. The molecule has 90 valence electrons. The van der Waals surface area contributed by atoms with Gasteiger partial charge in [-0.15, -0.1) is 11.3 Å². The third-order valence-electron chi connectivity index (χ3n) is 3.02. The van der Waals surface area contributed by atoms with E-state index < -0.39 is 10.8 Å². The van der Waals surface area contributed by atoms with Gasteiger partial charge in [-0.05, 0) is 37.6 Å². The lowest BCUT2D eigenvalue weighted by Gasteiger charge is -2.04. The molecule has 0 saturated carbocycles. The molecule has 1 fully saturated rings. The van der Waals surface area contributed by atoms with Crippen LogP contribution < -0.4 is 5.32 Å². The summed E-state index contributed by atoms with van der Waals surface area (Å²) in [5.74, 6) is 1.29. The number of thiazole rings is 1. The highest BCUT2D eigenvalue weighted by atomic mass is 32.2. The summed E-state index contributed by atoms with van der Waals surface area (Å²) in [5.41, 5.74) is 0.963. The van der Waals surface area contributed by atoms with Gasteiger partial charge in [0.2, 0.25) is 0 Å². The van der Waals surface area contributed by atoms with Gasteiger partial charge >= 0.3 is 0 Å². The van der Waals surface area contributed by atoms with Crippen LogP contribution in [0.2, 0.25) is 0 Å². The van der Waals surface area contributed by atoms with E-state index in [0.717, 1.165) is 39.8 Å². The molecule has 5 heteroatoms.